The summed E-state index contributed by atoms with van der Waals surface area (Å²) in [5, 5.41) is 11.3. The minimum atomic E-state index is -1.09. The van der Waals surface area contributed by atoms with Gasteiger partial charge in [-0.1, -0.05) is 18.2 Å². The van der Waals surface area contributed by atoms with Gasteiger partial charge in [0.25, 0.3) is 0 Å². The molecule has 0 saturated carbocycles. The van der Waals surface area contributed by atoms with Crippen molar-refractivity contribution in [3.05, 3.63) is 48.6 Å². The van der Waals surface area contributed by atoms with Gasteiger partial charge in [0.15, 0.2) is 0 Å². The van der Waals surface area contributed by atoms with E-state index >= 15 is 0 Å². The smallest absolute Gasteiger partial charge is 0.326 e. The third-order valence-corrected chi connectivity index (χ3v) is 2.64. The molecule has 21 heavy (non-hydrogen) atoms. The number of carbonyl (C=O) groups is 2. The molecule has 1 aromatic rings. The van der Waals surface area contributed by atoms with Gasteiger partial charge in [0, 0.05) is 6.08 Å². The van der Waals surface area contributed by atoms with Crippen molar-refractivity contribution in [3.63, 3.8) is 0 Å². The summed E-state index contributed by atoms with van der Waals surface area (Å²) in [4.78, 5) is 22.6. The molecule has 1 rings (SSSR count). The Hall–Kier alpha value is -2.56. The summed E-state index contributed by atoms with van der Waals surface area (Å²) in [5.41, 5.74) is 0.823. The summed E-state index contributed by atoms with van der Waals surface area (Å²) in [6.07, 6.45) is 4.54. The molecule has 0 aliphatic rings. The van der Waals surface area contributed by atoms with E-state index in [1.54, 1.807) is 18.2 Å². The molecule has 0 aliphatic carbocycles. The van der Waals surface area contributed by atoms with Gasteiger partial charge in [-0.2, -0.15) is 0 Å². The predicted molar refractivity (Wildman–Crippen MR) is 81.0 cm³/mol. The van der Waals surface area contributed by atoms with Gasteiger partial charge in [-0.15, -0.1) is 6.58 Å². The number of hydrogen-bond acceptors (Lipinski definition) is 3. The maximum Gasteiger partial charge on any atom is 0.326 e. The van der Waals surface area contributed by atoms with Gasteiger partial charge in [0.05, 0.1) is 6.61 Å². The van der Waals surface area contributed by atoms with Crippen LogP contribution in [0.3, 0.4) is 0 Å². The van der Waals surface area contributed by atoms with Crippen molar-refractivity contribution in [2.45, 2.75) is 19.4 Å². The van der Waals surface area contributed by atoms with Crippen molar-refractivity contribution in [3.8, 4) is 5.75 Å². The monoisotopic (exact) mass is 289 g/mol. The second-order valence-electron chi connectivity index (χ2n) is 4.26. The third kappa shape index (κ3) is 5.95. The summed E-state index contributed by atoms with van der Waals surface area (Å²) >= 11 is 0. The fourth-order valence-corrected chi connectivity index (χ4v) is 1.62. The number of carboxylic acids is 1. The third-order valence-electron chi connectivity index (χ3n) is 2.64. The molecular weight excluding hydrogens is 270 g/mol. The van der Waals surface area contributed by atoms with Crippen LogP contribution in [0.25, 0.3) is 6.08 Å². The van der Waals surface area contributed by atoms with E-state index in [1.807, 2.05) is 19.1 Å². The van der Waals surface area contributed by atoms with Gasteiger partial charge in [0.1, 0.15) is 11.8 Å². The summed E-state index contributed by atoms with van der Waals surface area (Å²) in [6, 6.07) is 6.28. The molecule has 5 nitrogen and oxygen atoms in total. The SMILES string of the molecule is C=CCC(NC(=O)/C=C/c1ccc(OCC)cc1)C(=O)O. The first kappa shape index (κ1) is 16.5. The molecule has 1 aromatic carbocycles. The number of ether oxygens (including phenoxy) is 1. The van der Waals surface area contributed by atoms with Crippen LogP contribution in [0.1, 0.15) is 18.9 Å². The number of benzene rings is 1. The van der Waals surface area contributed by atoms with Crippen molar-refractivity contribution in [2.24, 2.45) is 0 Å². The standard InChI is InChI=1S/C16H19NO4/c1-3-5-14(16(19)20)17-15(18)11-8-12-6-9-13(10-7-12)21-4-2/h3,6-11,14H,1,4-5H2,2H3,(H,17,18)(H,19,20)/b11-8+. The maximum absolute atomic E-state index is 11.7. The molecule has 1 unspecified atom stereocenters. The lowest BCUT2D eigenvalue weighted by atomic mass is 10.2. The topological polar surface area (TPSA) is 75.6 Å². The van der Waals surface area contributed by atoms with Gasteiger partial charge in [0.2, 0.25) is 5.91 Å². The molecule has 0 fully saturated rings. The van der Waals surface area contributed by atoms with Gasteiger partial charge in [-0.05, 0) is 37.1 Å². The highest BCUT2D eigenvalue weighted by Crippen LogP contribution is 2.12. The van der Waals surface area contributed by atoms with Crippen molar-refractivity contribution >= 4 is 18.0 Å². The van der Waals surface area contributed by atoms with Crippen LogP contribution in [-0.4, -0.2) is 29.6 Å². The van der Waals surface area contributed by atoms with Crippen molar-refractivity contribution in [1.82, 2.24) is 5.32 Å². The van der Waals surface area contributed by atoms with E-state index in [-0.39, 0.29) is 6.42 Å². The van der Waals surface area contributed by atoms with E-state index in [1.165, 1.54) is 12.2 Å². The molecule has 0 saturated heterocycles. The fraction of sp³-hybridized carbons (Fsp3) is 0.250. The Balaban J connectivity index is 2.60. The second kappa shape index (κ2) is 8.58. The molecule has 112 valence electrons. The summed E-state index contributed by atoms with van der Waals surface area (Å²) < 4.78 is 5.31. The van der Waals surface area contributed by atoms with Crippen LogP contribution >= 0.6 is 0 Å². The van der Waals surface area contributed by atoms with Crippen LogP contribution in [0.15, 0.2) is 43.0 Å². The Labute approximate surface area is 123 Å². The number of nitrogens with one attached hydrogen (secondary N) is 1. The molecule has 5 heteroatoms. The van der Waals surface area contributed by atoms with E-state index in [4.69, 9.17) is 9.84 Å². The van der Waals surface area contributed by atoms with Gasteiger partial charge < -0.3 is 15.2 Å². The van der Waals surface area contributed by atoms with Crippen LogP contribution in [-0.2, 0) is 9.59 Å². The molecule has 2 N–H and O–H groups in total. The van der Waals surface area contributed by atoms with Crippen molar-refractivity contribution < 1.29 is 19.4 Å². The molecule has 1 amide bonds. The average Bonchev–Trinajstić information content (AvgIpc) is 2.46. The fourth-order valence-electron chi connectivity index (χ4n) is 1.62. The highest BCUT2D eigenvalue weighted by molar-refractivity contribution is 5.94. The molecule has 0 aromatic heterocycles. The number of carbonyl (C=O) groups excluding carboxylic acids is 1. The number of hydrogen-bond donors (Lipinski definition) is 2. The van der Waals surface area contributed by atoms with E-state index in [9.17, 15) is 9.59 Å². The molecule has 1 atom stereocenters. The van der Waals surface area contributed by atoms with Crippen LogP contribution in [0.2, 0.25) is 0 Å². The van der Waals surface area contributed by atoms with Crippen LogP contribution in [0.5, 0.6) is 5.75 Å². The van der Waals surface area contributed by atoms with Gasteiger partial charge in [-0.3, -0.25) is 4.79 Å². The zero-order valence-electron chi connectivity index (χ0n) is 11.9. The Kier molecular flexibility index (Phi) is 6.74. The van der Waals surface area contributed by atoms with E-state index in [2.05, 4.69) is 11.9 Å². The minimum Gasteiger partial charge on any atom is -0.494 e. The second-order valence-corrected chi connectivity index (χ2v) is 4.26. The summed E-state index contributed by atoms with van der Waals surface area (Å²) in [7, 11) is 0. The Bertz CT molecular complexity index is 520. The Morgan fingerprint density at radius 2 is 2.05 bits per heavy atom. The Morgan fingerprint density at radius 3 is 2.57 bits per heavy atom. The molecule has 0 radical (unpaired) electrons. The maximum atomic E-state index is 11.7. The lowest BCUT2D eigenvalue weighted by Gasteiger charge is -2.10. The first-order valence-corrected chi connectivity index (χ1v) is 6.62. The highest BCUT2D eigenvalue weighted by Gasteiger charge is 2.16. The van der Waals surface area contributed by atoms with Crippen LogP contribution in [0, 0.1) is 0 Å². The van der Waals surface area contributed by atoms with E-state index < -0.39 is 17.9 Å². The first-order chi connectivity index (χ1) is 10.1. The predicted octanol–water partition coefficient (Wildman–Crippen LogP) is 2.24. The zero-order chi connectivity index (χ0) is 15.7. The normalized spacial score (nSPS) is 11.9. The lowest BCUT2D eigenvalue weighted by Crippen LogP contribution is -2.39. The van der Waals surface area contributed by atoms with Crippen molar-refractivity contribution in [1.29, 1.82) is 0 Å². The number of aliphatic carboxylic acids is 1. The largest absolute Gasteiger partial charge is 0.494 e. The van der Waals surface area contributed by atoms with Gasteiger partial charge >= 0.3 is 5.97 Å². The number of carboxylic acid groups (broad SMARTS) is 1. The number of amides is 1. The zero-order valence-corrected chi connectivity index (χ0v) is 11.9. The van der Waals surface area contributed by atoms with Crippen molar-refractivity contribution in [2.75, 3.05) is 6.61 Å². The van der Waals surface area contributed by atoms with Gasteiger partial charge in [-0.25, -0.2) is 4.79 Å². The molecule has 0 aliphatic heterocycles. The molecule has 0 heterocycles. The first-order valence-electron chi connectivity index (χ1n) is 6.62. The Morgan fingerprint density at radius 1 is 1.38 bits per heavy atom. The number of rotatable bonds is 8. The van der Waals surface area contributed by atoms with Crippen LogP contribution < -0.4 is 10.1 Å². The summed E-state index contributed by atoms with van der Waals surface area (Å²) in [5.74, 6) is -0.785. The van der Waals surface area contributed by atoms with E-state index in [0.717, 1.165) is 11.3 Å². The molecule has 0 spiro atoms. The lowest BCUT2D eigenvalue weighted by molar-refractivity contribution is -0.141. The average molecular weight is 289 g/mol. The summed E-state index contributed by atoms with van der Waals surface area (Å²) in [6.45, 7) is 5.96. The molecule has 0 bridgehead atoms. The van der Waals surface area contributed by atoms with Crippen LogP contribution in [0.4, 0.5) is 0 Å². The highest BCUT2D eigenvalue weighted by atomic mass is 16.5. The van der Waals surface area contributed by atoms with E-state index in [0.29, 0.717) is 6.61 Å². The quantitative estimate of drug-likeness (QED) is 0.568. The molecular formula is C16H19NO4. The minimum absolute atomic E-state index is 0.179.